The number of likely N-dealkylation sites (tertiary alicyclic amines) is 1. The molecular formula is C22H26N2O3. The van der Waals surface area contributed by atoms with E-state index in [9.17, 15) is 14.4 Å². The summed E-state index contributed by atoms with van der Waals surface area (Å²) in [5.74, 6) is -0.875. The van der Waals surface area contributed by atoms with Crippen molar-refractivity contribution >= 4 is 23.4 Å². The summed E-state index contributed by atoms with van der Waals surface area (Å²) < 4.78 is 0. The summed E-state index contributed by atoms with van der Waals surface area (Å²) in [6.07, 6.45) is 6.53. The molecule has 1 saturated heterocycles. The standard InChI is InChI=1S/C22H26N2O3/c1-4-17(20(25)23-16-10-5-12(2)11-13(16)3)24-21(26)18-14-6-7-15(9-8-14)19(18)22(24)27/h5-7,10-11,14-15,17-19H,4,8-9H2,1-3H3,(H,23,25)/t14-,15-,17+,18-,19+/m0/s1. The first-order chi connectivity index (χ1) is 12.9. The molecule has 1 aromatic rings. The SMILES string of the molecule is CC[C@H](C(=O)Nc1ccc(C)cc1C)N1C(=O)[C@@H]2[C@H](C1=O)[C@H]1C=C[C@H]2CC1. The van der Waals surface area contributed by atoms with Gasteiger partial charge in [-0.2, -0.15) is 0 Å². The summed E-state index contributed by atoms with van der Waals surface area (Å²) in [5.41, 5.74) is 2.81. The molecule has 1 aromatic carbocycles. The molecule has 0 spiro atoms. The van der Waals surface area contributed by atoms with Crippen molar-refractivity contribution in [1.29, 1.82) is 0 Å². The molecule has 3 amide bonds. The fourth-order valence-corrected chi connectivity index (χ4v) is 5.06. The summed E-state index contributed by atoms with van der Waals surface area (Å²) in [5, 5.41) is 2.93. The number of fused-ring (bicyclic) bond motifs is 1. The van der Waals surface area contributed by atoms with Crippen LogP contribution in [0.25, 0.3) is 0 Å². The zero-order chi connectivity index (χ0) is 19.3. The van der Waals surface area contributed by atoms with Gasteiger partial charge < -0.3 is 5.32 Å². The monoisotopic (exact) mass is 366 g/mol. The lowest BCUT2D eigenvalue weighted by molar-refractivity contribution is -0.146. The van der Waals surface area contributed by atoms with Crippen LogP contribution in [0.2, 0.25) is 0 Å². The van der Waals surface area contributed by atoms with Gasteiger partial charge in [-0.1, -0.05) is 36.8 Å². The molecule has 5 nitrogen and oxygen atoms in total. The Morgan fingerprint density at radius 1 is 1.11 bits per heavy atom. The minimum absolute atomic E-state index is 0.140. The first-order valence-corrected chi connectivity index (χ1v) is 9.85. The first-order valence-electron chi connectivity index (χ1n) is 9.85. The predicted molar refractivity (Wildman–Crippen MR) is 103 cm³/mol. The molecule has 1 aliphatic heterocycles. The van der Waals surface area contributed by atoms with E-state index >= 15 is 0 Å². The summed E-state index contributed by atoms with van der Waals surface area (Å²) in [4.78, 5) is 40.4. The Morgan fingerprint density at radius 2 is 1.70 bits per heavy atom. The molecule has 0 radical (unpaired) electrons. The van der Waals surface area contributed by atoms with E-state index in [1.807, 2.05) is 39.0 Å². The third-order valence-electron chi connectivity index (χ3n) is 6.43. The van der Waals surface area contributed by atoms with Crippen LogP contribution in [0.1, 0.15) is 37.3 Å². The molecule has 1 heterocycles. The smallest absolute Gasteiger partial charge is 0.247 e. The highest BCUT2D eigenvalue weighted by Gasteiger charge is 2.58. The van der Waals surface area contributed by atoms with E-state index in [4.69, 9.17) is 0 Å². The van der Waals surface area contributed by atoms with Crippen LogP contribution in [0.5, 0.6) is 0 Å². The second-order valence-corrected chi connectivity index (χ2v) is 8.12. The van der Waals surface area contributed by atoms with Crippen LogP contribution < -0.4 is 5.32 Å². The van der Waals surface area contributed by atoms with Gasteiger partial charge >= 0.3 is 0 Å². The molecule has 3 aliphatic carbocycles. The molecule has 0 unspecified atom stereocenters. The topological polar surface area (TPSA) is 66.5 Å². The van der Waals surface area contributed by atoms with E-state index in [0.29, 0.717) is 6.42 Å². The molecule has 2 bridgehead atoms. The van der Waals surface area contributed by atoms with Gasteiger partial charge in [0.1, 0.15) is 6.04 Å². The van der Waals surface area contributed by atoms with E-state index < -0.39 is 6.04 Å². The highest BCUT2D eigenvalue weighted by atomic mass is 16.2. The van der Waals surface area contributed by atoms with Gasteiger partial charge in [-0.05, 0) is 56.6 Å². The fourth-order valence-electron chi connectivity index (χ4n) is 5.06. The number of anilines is 1. The number of nitrogens with one attached hydrogen (secondary N) is 1. The van der Waals surface area contributed by atoms with Crippen LogP contribution >= 0.6 is 0 Å². The van der Waals surface area contributed by atoms with Gasteiger partial charge in [-0.3, -0.25) is 19.3 Å². The van der Waals surface area contributed by atoms with Crippen LogP contribution in [0.4, 0.5) is 5.69 Å². The molecule has 27 heavy (non-hydrogen) atoms. The summed E-state index contributed by atoms with van der Waals surface area (Å²) >= 11 is 0. The van der Waals surface area contributed by atoms with Crippen LogP contribution in [0, 0.1) is 37.5 Å². The summed E-state index contributed by atoms with van der Waals surface area (Å²) in [6, 6.07) is 5.05. The van der Waals surface area contributed by atoms with Crippen LogP contribution in [-0.4, -0.2) is 28.7 Å². The maximum Gasteiger partial charge on any atom is 0.247 e. The lowest BCUT2D eigenvalue weighted by atomic mass is 9.63. The number of carbonyl (C=O) groups is 3. The molecule has 1 saturated carbocycles. The third-order valence-corrected chi connectivity index (χ3v) is 6.43. The number of rotatable bonds is 4. The Morgan fingerprint density at radius 3 is 2.19 bits per heavy atom. The maximum atomic E-state index is 13.1. The van der Waals surface area contributed by atoms with Crippen molar-refractivity contribution in [3.8, 4) is 0 Å². The van der Waals surface area contributed by atoms with Crippen LogP contribution in [0.15, 0.2) is 30.4 Å². The molecule has 4 aliphatic rings. The molecular weight excluding hydrogens is 340 g/mol. The van der Waals surface area contributed by atoms with E-state index in [1.165, 1.54) is 4.90 Å². The van der Waals surface area contributed by atoms with Gasteiger partial charge in [0.2, 0.25) is 17.7 Å². The Bertz CT molecular complexity index is 812. The Balaban J connectivity index is 1.58. The summed E-state index contributed by atoms with van der Waals surface area (Å²) in [6.45, 7) is 5.79. The largest absolute Gasteiger partial charge is 0.324 e. The minimum Gasteiger partial charge on any atom is -0.324 e. The number of nitrogens with zero attached hydrogens (tertiary/aromatic N) is 1. The average Bonchev–Trinajstić information content (AvgIpc) is 2.93. The van der Waals surface area contributed by atoms with E-state index in [2.05, 4.69) is 17.5 Å². The number of hydrogen-bond donors (Lipinski definition) is 1. The molecule has 2 fully saturated rings. The molecule has 5 atom stereocenters. The van der Waals surface area contributed by atoms with Crippen molar-refractivity contribution in [1.82, 2.24) is 4.90 Å². The van der Waals surface area contributed by atoms with Gasteiger partial charge in [0.15, 0.2) is 0 Å². The molecule has 1 N–H and O–H groups in total. The lowest BCUT2D eigenvalue weighted by Gasteiger charge is -2.38. The second kappa shape index (κ2) is 6.63. The number of amides is 3. The normalized spacial score (nSPS) is 29.8. The predicted octanol–water partition coefficient (Wildman–Crippen LogP) is 3.22. The van der Waals surface area contributed by atoms with Crippen molar-refractivity contribution in [3.63, 3.8) is 0 Å². The number of carbonyl (C=O) groups excluding carboxylic acids is 3. The zero-order valence-corrected chi connectivity index (χ0v) is 16.1. The molecule has 0 aromatic heterocycles. The van der Waals surface area contributed by atoms with Gasteiger partial charge in [0.25, 0.3) is 0 Å². The fraction of sp³-hybridized carbons (Fsp3) is 0.500. The van der Waals surface area contributed by atoms with Crippen molar-refractivity contribution in [3.05, 3.63) is 41.5 Å². The van der Waals surface area contributed by atoms with Gasteiger partial charge in [0.05, 0.1) is 11.8 Å². The van der Waals surface area contributed by atoms with Crippen LogP contribution in [-0.2, 0) is 14.4 Å². The quantitative estimate of drug-likeness (QED) is 0.657. The van der Waals surface area contributed by atoms with Crippen LogP contribution in [0.3, 0.4) is 0 Å². The number of benzene rings is 1. The Labute approximate surface area is 159 Å². The molecule has 5 rings (SSSR count). The van der Waals surface area contributed by atoms with Gasteiger partial charge in [-0.25, -0.2) is 0 Å². The number of aryl methyl sites for hydroxylation is 2. The van der Waals surface area contributed by atoms with E-state index in [0.717, 1.165) is 29.7 Å². The third kappa shape index (κ3) is 2.80. The molecule has 142 valence electrons. The van der Waals surface area contributed by atoms with Crippen molar-refractivity contribution in [2.24, 2.45) is 23.7 Å². The highest BCUT2D eigenvalue weighted by molar-refractivity contribution is 6.10. The van der Waals surface area contributed by atoms with Crippen molar-refractivity contribution < 1.29 is 14.4 Å². The lowest BCUT2D eigenvalue weighted by Crippen LogP contribution is -2.47. The number of allylic oxidation sites excluding steroid dienone is 2. The highest BCUT2D eigenvalue weighted by Crippen LogP contribution is 2.50. The number of imide groups is 1. The Hall–Kier alpha value is -2.43. The second-order valence-electron chi connectivity index (χ2n) is 8.12. The minimum atomic E-state index is -0.754. The Kier molecular flexibility index (Phi) is 4.41. The average molecular weight is 366 g/mol. The van der Waals surface area contributed by atoms with Crippen molar-refractivity contribution in [2.75, 3.05) is 5.32 Å². The number of hydrogen-bond acceptors (Lipinski definition) is 3. The first kappa shape index (κ1) is 18.0. The maximum absolute atomic E-state index is 13.1. The zero-order valence-electron chi connectivity index (χ0n) is 16.1. The van der Waals surface area contributed by atoms with E-state index in [-0.39, 0.29) is 41.4 Å². The van der Waals surface area contributed by atoms with Crippen molar-refractivity contribution in [2.45, 2.75) is 46.1 Å². The molecule has 5 heteroatoms. The van der Waals surface area contributed by atoms with Gasteiger partial charge in [0, 0.05) is 5.69 Å². The van der Waals surface area contributed by atoms with Gasteiger partial charge in [-0.15, -0.1) is 0 Å². The van der Waals surface area contributed by atoms with E-state index in [1.54, 1.807) is 0 Å². The summed E-state index contributed by atoms with van der Waals surface area (Å²) in [7, 11) is 0.